The van der Waals surface area contributed by atoms with Gasteiger partial charge in [0.2, 0.25) is 0 Å². The summed E-state index contributed by atoms with van der Waals surface area (Å²) in [6.07, 6.45) is -0.0704. The van der Waals surface area contributed by atoms with Crippen LogP contribution in [0.25, 0.3) is 0 Å². The Balaban J connectivity index is 2.03. The zero-order valence-corrected chi connectivity index (χ0v) is 11.5. The van der Waals surface area contributed by atoms with Crippen LogP contribution in [0.2, 0.25) is 0 Å². The highest BCUT2D eigenvalue weighted by Crippen LogP contribution is 2.12. The van der Waals surface area contributed by atoms with Crippen molar-refractivity contribution in [3.63, 3.8) is 0 Å². The Labute approximate surface area is 126 Å². The maximum Gasteiger partial charge on any atom is 0.338 e. The molecular formula is C17H15NO3. The number of benzene rings is 2. The quantitative estimate of drug-likeness (QED) is 0.791. The number of esters is 1. The third-order valence-electron chi connectivity index (χ3n) is 2.85. The third-order valence-corrected chi connectivity index (χ3v) is 2.85. The van der Waals surface area contributed by atoms with Crippen LogP contribution in [0.3, 0.4) is 0 Å². The van der Waals surface area contributed by atoms with Gasteiger partial charge >= 0.3 is 5.97 Å². The molecule has 0 aliphatic carbocycles. The summed E-state index contributed by atoms with van der Waals surface area (Å²) in [7, 11) is 1.55. The molecule has 4 nitrogen and oxygen atoms in total. The SMILES string of the molecule is [2H]C([2H])(Cc1ccc(OC)cc1)OC(=O)c1ccc(C#N)cc1. The largest absolute Gasteiger partial charge is 0.497 e. The number of carbonyl (C=O) groups excluding carboxylic acids is 1. The van der Waals surface area contributed by atoms with Gasteiger partial charge in [0.25, 0.3) is 0 Å². The Hall–Kier alpha value is -2.80. The minimum atomic E-state index is -2.14. The number of carbonyl (C=O) groups is 1. The average molecular weight is 283 g/mol. The molecule has 0 bridgehead atoms. The first-order valence-corrected chi connectivity index (χ1v) is 6.30. The molecule has 2 aromatic rings. The van der Waals surface area contributed by atoms with Crippen LogP contribution in [0.1, 0.15) is 24.2 Å². The number of nitriles is 1. The minimum Gasteiger partial charge on any atom is -0.497 e. The van der Waals surface area contributed by atoms with Gasteiger partial charge in [0.1, 0.15) is 5.75 Å². The van der Waals surface area contributed by atoms with E-state index < -0.39 is 12.5 Å². The maximum atomic E-state index is 12.0. The van der Waals surface area contributed by atoms with Crippen molar-refractivity contribution in [1.29, 1.82) is 5.26 Å². The van der Waals surface area contributed by atoms with E-state index in [1.165, 1.54) is 24.3 Å². The normalized spacial score (nSPS) is 11.8. The van der Waals surface area contributed by atoms with Gasteiger partial charge in [-0.2, -0.15) is 5.26 Å². The van der Waals surface area contributed by atoms with E-state index in [1.54, 1.807) is 31.4 Å². The lowest BCUT2D eigenvalue weighted by Gasteiger charge is -2.06. The van der Waals surface area contributed by atoms with Crippen LogP contribution in [0, 0.1) is 11.3 Å². The van der Waals surface area contributed by atoms with Crippen molar-refractivity contribution < 1.29 is 17.0 Å². The van der Waals surface area contributed by atoms with E-state index in [2.05, 4.69) is 0 Å². The number of ether oxygens (including phenoxy) is 2. The van der Waals surface area contributed by atoms with E-state index >= 15 is 0 Å². The lowest BCUT2D eigenvalue weighted by atomic mass is 10.1. The van der Waals surface area contributed by atoms with Crippen molar-refractivity contribution in [2.75, 3.05) is 13.7 Å². The molecule has 0 N–H and O–H groups in total. The summed E-state index contributed by atoms with van der Waals surface area (Å²) in [4.78, 5) is 12.0. The highest BCUT2D eigenvalue weighted by molar-refractivity contribution is 5.89. The predicted molar refractivity (Wildman–Crippen MR) is 78.1 cm³/mol. The summed E-state index contributed by atoms with van der Waals surface area (Å²) in [5.41, 5.74) is 1.30. The van der Waals surface area contributed by atoms with Crippen LogP contribution in [0.5, 0.6) is 5.75 Å². The Bertz CT molecular complexity index is 719. The summed E-state index contributed by atoms with van der Waals surface area (Å²) in [5, 5.41) is 8.72. The van der Waals surface area contributed by atoms with Gasteiger partial charge in [-0.1, -0.05) is 12.1 Å². The molecule has 0 amide bonds. The molecule has 0 spiro atoms. The first-order chi connectivity index (χ1) is 10.9. The molecule has 0 saturated carbocycles. The van der Waals surface area contributed by atoms with Crippen LogP contribution in [0.15, 0.2) is 48.5 Å². The molecule has 0 saturated heterocycles. The molecule has 2 rings (SSSR count). The second-order valence-electron chi connectivity index (χ2n) is 4.25. The summed E-state index contributed by atoms with van der Waals surface area (Å²) < 4.78 is 25.7. The summed E-state index contributed by atoms with van der Waals surface area (Å²) in [6, 6.07) is 14.6. The molecule has 21 heavy (non-hydrogen) atoms. The first-order valence-electron chi connectivity index (χ1n) is 7.30. The molecule has 4 heteroatoms. The standard InChI is InChI=1S/C17H15NO3/c1-20-16-8-4-13(5-9-16)10-11-21-17(19)15-6-2-14(12-18)3-7-15/h2-9H,10-11H2,1H3/i11D2. The van der Waals surface area contributed by atoms with E-state index in [-0.39, 0.29) is 12.0 Å². The Morgan fingerprint density at radius 2 is 1.86 bits per heavy atom. The summed E-state index contributed by atoms with van der Waals surface area (Å²) in [5.74, 6) is -0.100. The number of aryl methyl sites for hydroxylation is 1. The average Bonchev–Trinajstić information content (AvgIpc) is 2.54. The van der Waals surface area contributed by atoms with Crippen molar-refractivity contribution in [3.05, 3.63) is 65.2 Å². The van der Waals surface area contributed by atoms with Gasteiger partial charge in [-0.05, 0) is 42.0 Å². The van der Waals surface area contributed by atoms with Crippen LogP contribution >= 0.6 is 0 Å². The molecule has 0 atom stereocenters. The fraction of sp³-hybridized carbons (Fsp3) is 0.176. The number of hydrogen-bond acceptors (Lipinski definition) is 4. The second kappa shape index (κ2) is 7.11. The molecule has 0 unspecified atom stereocenters. The molecule has 0 aliphatic rings. The first kappa shape index (κ1) is 12.0. The van der Waals surface area contributed by atoms with Crippen molar-refractivity contribution in [3.8, 4) is 11.8 Å². The number of methoxy groups -OCH3 is 1. The lowest BCUT2D eigenvalue weighted by Crippen LogP contribution is -2.08. The fourth-order valence-electron chi connectivity index (χ4n) is 1.67. The molecule has 0 aliphatic heterocycles. The van der Waals surface area contributed by atoms with Crippen LogP contribution in [-0.4, -0.2) is 19.6 Å². The molecule has 0 fully saturated rings. The summed E-state index contributed by atoms with van der Waals surface area (Å²) in [6.45, 7) is -2.14. The van der Waals surface area contributed by atoms with Gasteiger partial charge in [0.15, 0.2) is 0 Å². The van der Waals surface area contributed by atoms with Gasteiger partial charge in [-0.3, -0.25) is 0 Å². The Kier molecular flexibility index (Phi) is 4.06. The molecule has 0 heterocycles. The van der Waals surface area contributed by atoms with E-state index in [0.29, 0.717) is 16.9 Å². The summed E-state index contributed by atoms with van der Waals surface area (Å²) >= 11 is 0. The predicted octanol–water partition coefficient (Wildman–Crippen LogP) is 2.97. The van der Waals surface area contributed by atoms with E-state index in [0.717, 1.165) is 0 Å². The monoisotopic (exact) mass is 283 g/mol. The fourth-order valence-corrected chi connectivity index (χ4v) is 1.67. The minimum absolute atomic E-state index is 0.0704. The highest BCUT2D eigenvalue weighted by Gasteiger charge is 2.06. The Morgan fingerprint density at radius 3 is 2.43 bits per heavy atom. The van der Waals surface area contributed by atoms with Crippen molar-refractivity contribution in [2.45, 2.75) is 6.42 Å². The molecule has 106 valence electrons. The molecular weight excluding hydrogens is 266 g/mol. The smallest absolute Gasteiger partial charge is 0.338 e. The van der Waals surface area contributed by atoms with Gasteiger partial charge in [0.05, 0.1) is 33.6 Å². The zero-order chi connectivity index (χ0) is 16.9. The number of nitrogens with zero attached hydrogens (tertiary/aromatic N) is 1. The van der Waals surface area contributed by atoms with Crippen molar-refractivity contribution in [1.82, 2.24) is 0 Å². The van der Waals surface area contributed by atoms with E-state index in [4.69, 9.17) is 17.5 Å². The van der Waals surface area contributed by atoms with Gasteiger partial charge in [0, 0.05) is 6.42 Å². The Morgan fingerprint density at radius 1 is 1.19 bits per heavy atom. The second-order valence-corrected chi connectivity index (χ2v) is 4.25. The van der Waals surface area contributed by atoms with Gasteiger partial charge < -0.3 is 9.47 Å². The number of rotatable bonds is 5. The van der Waals surface area contributed by atoms with E-state index in [9.17, 15) is 4.79 Å². The maximum absolute atomic E-state index is 12.0. The van der Waals surface area contributed by atoms with E-state index in [1.807, 2.05) is 6.07 Å². The molecule has 0 radical (unpaired) electrons. The molecule has 2 aromatic carbocycles. The number of hydrogen-bond donors (Lipinski definition) is 0. The van der Waals surface area contributed by atoms with Crippen LogP contribution in [0.4, 0.5) is 0 Å². The highest BCUT2D eigenvalue weighted by atomic mass is 16.5. The zero-order valence-electron chi connectivity index (χ0n) is 13.5. The van der Waals surface area contributed by atoms with Gasteiger partial charge in [-0.15, -0.1) is 0 Å². The van der Waals surface area contributed by atoms with Crippen molar-refractivity contribution in [2.24, 2.45) is 0 Å². The van der Waals surface area contributed by atoms with Crippen LogP contribution < -0.4 is 4.74 Å². The van der Waals surface area contributed by atoms with Crippen molar-refractivity contribution >= 4 is 5.97 Å². The van der Waals surface area contributed by atoms with Crippen LogP contribution in [-0.2, 0) is 11.2 Å². The third kappa shape index (κ3) is 4.08. The topological polar surface area (TPSA) is 59.3 Å². The lowest BCUT2D eigenvalue weighted by molar-refractivity contribution is 0.0509. The van der Waals surface area contributed by atoms with Gasteiger partial charge in [-0.25, -0.2) is 4.79 Å². The molecule has 0 aromatic heterocycles.